The highest BCUT2D eigenvalue weighted by atomic mass is 35.6. The van der Waals surface area contributed by atoms with E-state index in [2.05, 4.69) is 56.9 Å². The summed E-state index contributed by atoms with van der Waals surface area (Å²) in [5.74, 6) is -2.62. The lowest BCUT2D eigenvalue weighted by atomic mass is 9.94. The Hall–Kier alpha value is -10.8. The van der Waals surface area contributed by atoms with Crippen LogP contribution in [0.4, 0.5) is 0 Å². The first-order chi connectivity index (χ1) is 70.8. The van der Waals surface area contributed by atoms with Crippen LogP contribution >= 0.6 is 34.8 Å². The molecule has 0 aliphatic carbocycles. The second-order valence-corrected chi connectivity index (χ2v) is 43.5. The Bertz CT molecular complexity index is 5800. The standard InChI is InChI=1S/C117H124Cl3NO23Si/c1-6-67-127-112-107(142-110(123)91-61-37-16-38-62-91)106(134-76-90-59-35-15-36-60-90)102(143-111-98(121-115(124)117(118,119)120)103(131-73-87-53-29-12-30-54-87)99(128-70-84-47-23-9-24-48-84)94(138-111)77-125-68-82-43-19-7-20-44-82)96(140-112)79-135-113-108(104(132-74-88-55-31-13-32-56-88)100(129-71-85-49-25-10-26-50-85)95(139-113)78-126-69-83-45-21-8-22-46-83)144-114-109(137-81(2)122)105(133-75-89-57-33-14-34-58-89)101(130-72-86-51-27-11-28-52-86)97(141-114)80-136-145(116(3,4)5,92-63-39-17-40-64-92)93-65-41-18-42-66-93/h6-66,94-109,111-114H,1,67-80H2,2-5H3,(H,121,124)/t94-,95-,96-,97-,98-,99+,100-,101-,102-,103-,104+,105+,106+,107+,108+,109+,111+,112+,113+,114-/m1/s1. The van der Waals surface area contributed by atoms with Crippen LogP contribution in [0.3, 0.4) is 0 Å². The Labute approximate surface area is 863 Å². The molecule has 0 bridgehead atoms. The zero-order valence-corrected chi connectivity index (χ0v) is 84.7. The van der Waals surface area contributed by atoms with E-state index in [1.54, 1.807) is 30.3 Å². The minimum atomic E-state index is -3.52. The number of nitrogens with one attached hydrogen (secondary N) is 1. The first kappa shape index (κ1) is 107. The average molecular weight is 2050 g/mol. The van der Waals surface area contributed by atoms with Gasteiger partial charge in [0.05, 0.1) is 98.1 Å². The number of benzene rings is 12. The molecule has 1 N–H and O–H groups in total. The highest BCUT2D eigenvalue weighted by Gasteiger charge is 2.61. The van der Waals surface area contributed by atoms with Crippen LogP contribution < -0.4 is 15.7 Å². The zero-order chi connectivity index (χ0) is 101. The Morgan fingerprint density at radius 1 is 0.317 bits per heavy atom. The van der Waals surface area contributed by atoms with Crippen LogP contribution in [0.5, 0.6) is 0 Å². The van der Waals surface area contributed by atoms with Crippen LogP contribution in [0, 0.1) is 0 Å². The van der Waals surface area contributed by atoms with Gasteiger partial charge in [-0.05, 0) is 77.6 Å². The summed E-state index contributed by atoms with van der Waals surface area (Å²) in [6, 6.07) is 114. The maximum Gasteiger partial charge on any atom is 0.338 e. The van der Waals surface area contributed by atoms with Crippen LogP contribution in [-0.2, 0) is 163 Å². The van der Waals surface area contributed by atoms with E-state index in [1.807, 2.05) is 309 Å². The van der Waals surface area contributed by atoms with Crippen molar-refractivity contribution in [3.63, 3.8) is 0 Å². The highest BCUT2D eigenvalue weighted by Crippen LogP contribution is 2.44. The number of carbonyl (C=O) groups excluding carboxylic acids is 3. The summed E-state index contributed by atoms with van der Waals surface area (Å²) in [5, 5.41) is 4.42. The molecule has 16 rings (SSSR count). The molecule has 0 spiro atoms. The van der Waals surface area contributed by atoms with Crippen LogP contribution in [-0.4, -0.2) is 186 Å². The molecule has 20 atom stereocenters. The Morgan fingerprint density at radius 2 is 0.607 bits per heavy atom. The van der Waals surface area contributed by atoms with Gasteiger partial charge in [0.1, 0.15) is 85.4 Å². The van der Waals surface area contributed by atoms with Gasteiger partial charge in [-0.15, -0.1) is 6.58 Å². The Kier molecular flexibility index (Phi) is 39.6. The van der Waals surface area contributed by atoms with E-state index in [1.165, 1.54) is 13.0 Å². The van der Waals surface area contributed by atoms with Crippen LogP contribution in [0.15, 0.2) is 377 Å². The van der Waals surface area contributed by atoms with Gasteiger partial charge in [-0.3, -0.25) is 9.59 Å². The third-order valence-electron chi connectivity index (χ3n) is 25.6. The lowest BCUT2D eigenvalue weighted by Gasteiger charge is -2.51. The van der Waals surface area contributed by atoms with E-state index in [0.29, 0.717) is 5.56 Å². The van der Waals surface area contributed by atoms with E-state index in [4.69, 9.17) is 129 Å². The molecule has 4 heterocycles. The fourth-order valence-corrected chi connectivity index (χ4v) is 23.3. The molecule has 4 aliphatic heterocycles. The smallest absolute Gasteiger partial charge is 0.338 e. The number of esters is 2. The summed E-state index contributed by atoms with van der Waals surface area (Å²) >= 11 is 20.2. The third kappa shape index (κ3) is 29.6. The molecule has 760 valence electrons. The molecule has 0 saturated carbocycles. The minimum Gasteiger partial charge on any atom is -0.454 e. The van der Waals surface area contributed by atoms with Crippen molar-refractivity contribution in [2.45, 2.75) is 219 Å². The number of halogens is 3. The van der Waals surface area contributed by atoms with Gasteiger partial charge in [-0.25, -0.2) is 4.79 Å². The second kappa shape index (κ2) is 53.7. The van der Waals surface area contributed by atoms with Crippen molar-refractivity contribution in [2.75, 3.05) is 33.0 Å². The first-order valence-corrected chi connectivity index (χ1v) is 52.0. The van der Waals surface area contributed by atoms with Crippen molar-refractivity contribution >= 4 is 71.3 Å². The van der Waals surface area contributed by atoms with Gasteiger partial charge in [0.2, 0.25) is 0 Å². The number of amides is 1. The summed E-state index contributed by atoms with van der Waals surface area (Å²) in [6.07, 6.45) is -25.2. The van der Waals surface area contributed by atoms with Crippen molar-refractivity contribution in [3.8, 4) is 0 Å². The van der Waals surface area contributed by atoms with Crippen molar-refractivity contribution in [2.24, 2.45) is 0 Å². The summed E-state index contributed by atoms with van der Waals surface area (Å²) in [7, 11) is -3.52. The van der Waals surface area contributed by atoms with E-state index >= 15 is 9.59 Å². The normalized spacial score (nSPS) is 24.5. The molecule has 4 saturated heterocycles. The Balaban J connectivity index is 0.879. The summed E-state index contributed by atoms with van der Waals surface area (Å²) in [4.78, 5) is 45.2. The summed E-state index contributed by atoms with van der Waals surface area (Å²) in [6.45, 7) is 10.6. The lowest BCUT2D eigenvalue weighted by Crippen LogP contribution is -2.70. The molecule has 12 aromatic carbocycles. The highest BCUT2D eigenvalue weighted by molar-refractivity contribution is 6.99. The number of carbonyl (C=O) groups is 3. The SMILES string of the molecule is C=CCO[C@H]1O[C@H](CO[C@H]2O[C@H](COCc3ccccc3)[C@@H](OCc3ccccc3)[C@H](OCc3ccccc3)[C@@H]2O[C@H]2O[C@H](CO[Si](c3ccccc3)(c3ccccc3)C(C)(C)C)[C@@H](OCc3ccccc3)[C@H](OCc3ccccc3)[C@@H]2OC(C)=O)[C@@H](O[C@@H]2O[C@H](COCc3ccccc3)[C@H](OCc3ccccc3)[C@H](OCc3ccccc3)[C@H]2NC(=O)C(Cl)(Cl)Cl)[C@H](OCc2ccccc2)[C@@H]1OC(=O)c1ccccc1. The molecule has 12 aromatic rings. The molecule has 0 unspecified atom stereocenters. The van der Waals surface area contributed by atoms with Crippen molar-refractivity contribution < 1.29 is 109 Å². The maximum atomic E-state index is 15.3. The van der Waals surface area contributed by atoms with Crippen molar-refractivity contribution in [1.82, 2.24) is 5.32 Å². The summed E-state index contributed by atoms with van der Waals surface area (Å²) < 4.78 is 145. The molecular weight excluding hydrogens is 1920 g/mol. The molecule has 0 aromatic heterocycles. The fourth-order valence-electron chi connectivity index (χ4n) is 18.6. The quantitative estimate of drug-likeness (QED) is 0.0161. The molecule has 4 fully saturated rings. The largest absolute Gasteiger partial charge is 0.454 e. The molecule has 0 radical (unpaired) electrons. The van der Waals surface area contributed by atoms with Gasteiger partial charge >= 0.3 is 11.9 Å². The van der Waals surface area contributed by atoms with E-state index < -0.39 is 164 Å². The average Bonchev–Trinajstić information content (AvgIpc) is 0.626. The van der Waals surface area contributed by atoms with Crippen molar-refractivity contribution in [3.05, 3.63) is 432 Å². The van der Waals surface area contributed by atoms with E-state index in [-0.39, 0.29) is 91.5 Å². The van der Waals surface area contributed by atoms with Crippen LogP contribution in [0.2, 0.25) is 5.04 Å². The Morgan fingerprint density at radius 3 is 0.972 bits per heavy atom. The number of rotatable bonds is 48. The molecule has 1 amide bonds. The molecule has 145 heavy (non-hydrogen) atoms. The van der Waals surface area contributed by atoms with Crippen LogP contribution in [0.25, 0.3) is 0 Å². The van der Waals surface area contributed by atoms with Gasteiger partial charge in [0.15, 0.2) is 37.4 Å². The van der Waals surface area contributed by atoms with E-state index in [9.17, 15) is 4.79 Å². The lowest BCUT2D eigenvalue weighted by molar-refractivity contribution is -0.387. The van der Waals surface area contributed by atoms with E-state index in [0.717, 1.165) is 54.9 Å². The second-order valence-electron chi connectivity index (χ2n) is 36.9. The molecule has 28 heteroatoms. The molecular formula is C117H124Cl3NO23Si. The molecule has 4 aliphatic rings. The molecule has 24 nitrogen and oxygen atoms in total. The maximum absolute atomic E-state index is 15.3. The van der Waals surface area contributed by atoms with Gasteiger partial charge in [-0.1, -0.05) is 413 Å². The van der Waals surface area contributed by atoms with Crippen molar-refractivity contribution in [1.29, 1.82) is 0 Å². The number of alkyl halides is 3. The number of hydrogen-bond donors (Lipinski definition) is 1. The topological polar surface area (TPSA) is 248 Å². The van der Waals surface area contributed by atoms with Gasteiger partial charge < -0.3 is 99.7 Å². The predicted octanol–water partition coefficient (Wildman–Crippen LogP) is 19.0. The zero-order valence-electron chi connectivity index (χ0n) is 81.4. The van der Waals surface area contributed by atoms with Gasteiger partial charge in [0.25, 0.3) is 18.0 Å². The monoisotopic (exact) mass is 2040 g/mol. The predicted molar refractivity (Wildman–Crippen MR) is 551 cm³/mol. The van der Waals surface area contributed by atoms with Crippen LogP contribution in [0.1, 0.15) is 88.1 Å². The summed E-state index contributed by atoms with van der Waals surface area (Å²) in [5.41, 5.74) is 7.24. The fraction of sp³-hybridized carbons (Fsp3) is 0.342. The van der Waals surface area contributed by atoms with Gasteiger partial charge in [0, 0.05) is 6.92 Å². The number of hydrogen-bond acceptors (Lipinski definition) is 23. The third-order valence-corrected chi connectivity index (χ3v) is 31.1. The number of ether oxygens (including phenoxy) is 19. The first-order valence-electron chi connectivity index (χ1n) is 48.9. The van der Waals surface area contributed by atoms with Gasteiger partial charge in [-0.2, -0.15) is 0 Å². The minimum absolute atomic E-state index is 0.00527.